The number of rotatable bonds is 2. The standard InChI is InChI=1S/C17H13F3N4O3/c1-26-16(25)23-15-22-12-7-2-3-8-13(12)24(15)14(21)27-11-6-4-5-10(9-11)17(18,19)20/h2-9,21H,1H3,(H,22,23,25). The molecule has 3 aromatic rings. The van der Waals surface area contributed by atoms with Crippen molar-refractivity contribution < 1.29 is 27.4 Å². The average molecular weight is 378 g/mol. The number of hydrogen-bond donors (Lipinski definition) is 2. The van der Waals surface area contributed by atoms with Crippen LogP contribution in [0.5, 0.6) is 5.75 Å². The number of benzene rings is 2. The Morgan fingerprint density at radius 1 is 1.19 bits per heavy atom. The van der Waals surface area contributed by atoms with Crippen LogP contribution in [-0.4, -0.2) is 28.8 Å². The molecule has 140 valence electrons. The minimum atomic E-state index is -4.54. The van der Waals surface area contributed by atoms with Crippen LogP contribution in [0.4, 0.5) is 23.9 Å². The van der Waals surface area contributed by atoms with E-state index in [1.165, 1.54) is 12.1 Å². The van der Waals surface area contributed by atoms with Gasteiger partial charge in [-0.1, -0.05) is 18.2 Å². The van der Waals surface area contributed by atoms with E-state index in [2.05, 4.69) is 15.0 Å². The quantitative estimate of drug-likeness (QED) is 0.519. The number of carbonyl (C=O) groups excluding carboxylic acids is 1. The number of halogens is 3. The first kappa shape index (κ1) is 18.2. The first-order valence-electron chi connectivity index (χ1n) is 7.56. The molecule has 7 nitrogen and oxygen atoms in total. The topological polar surface area (TPSA) is 89.2 Å². The molecule has 0 bridgehead atoms. The molecule has 1 aromatic heterocycles. The molecule has 3 rings (SSSR count). The van der Waals surface area contributed by atoms with Crippen molar-refractivity contribution in [2.75, 3.05) is 12.4 Å². The highest BCUT2D eigenvalue weighted by molar-refractivity contribution is 5.95. The second-order valence-corrected chi connectivity index (χ2v) is 5.31. The maximum atomic E-state index is 12.8. The highest BCUT2D eigenvalue weighted by Gasteiger charge is 2.30. The molecule has 10 heteroatoms. The Kier molecular flexibility index (Phi) is 4.72. The molecule has 0 radical (unpaired) electrons. The van der Waals surface area contributed by atoms with E-state index in [1.807, 2.05) is 0 Å². The summed E-state index contributed by atoms with van der Waals surface area (Å²) < 4.78 is 49.5. The third-order valence-electron chi connectivity index (χ3n) is 3.54. The zero-order valence-corrected chi connectivity index (χ0v) is 13.9. The molecule has 0 saturated heterocycles. The van der Waals surface area contributed by atoms with Crippen molar-refractivity contribution in [2.24, 2.45) is 0 Å². The molecule has 0 atom stereocenters. The van der Waals surface area contributed by atoms with E-state index in [1.54, 1.807) is 24.3 Å². The van der Waals surface area contributed by atoms with Gasteiger partial charge in [-0.25, -0.2) is 14.3 Å². The van der Waals surface area contributed by atoms with Gasteiger partial charge in [0.05, 0.1) is 23.7 Å². The van der Waals surface area contributed by atoms with E-state index in [-0.39, 0.29) is 11.7 Å². The summed E-state index contributed by atoms with van der Waals surface area (Å²) in [5, 5.41) is 10.5. The molecule has 2 aromatic carbocycles. The molecule has 0 spiro atoms. The molecule has 0 aliphatic heterocycles. The summed E-state index contributed by atoms with van der Waals surface area (Å²) in [5.74, 6) is -0.253. The maximum absolute atomic E-state index is 12.8. The van der Waals surface area contributed by atoms with E-state index in [4.69, 9.17) is 10.1 Å². The van der Waals surface area contributed by atoms with Gasteiger partial charge in [-0.2, -0.15) is 13.2 Å². The average Bonchev–Trinajstić information content (AvgIpc) is 2.98. The SMILES string of the molecule is COC(=O)Nc1nc2ccccc2n1C(=N)Oc1cccc(C(F)(F)F)c1. The number of hydrogen-bond acceptors (Lipinski definition) is 5. The number of nitrogens with zero attached hydrogens (tertiary/aromatic N) is 2. The third-order valence-corrected chi connectivity index (χ3v) is 3.54. The number of methoxy groups -OCH3 is 1. The predicted octanol–water partition coefficient (Wildman–Crippen LogP) is 4.10. The fourth-order valence-corrected chi connectivity index (χ4v) is 2.35. The van der Waals surface area contributed by atoms with Gasteiger partial charge in [0.25, 0.3) is 0 Å². The summed E-state index contributed by atoms with van der Waals surface area (Å²) in [6, 6.07) is 10.2. The van der Waals surface area contributed by atoms with Crippen molar-refractivity contribution in [3.05, 3.63) is 54.1 Å². The number of para-hydroxylation sites is 2. The molecule has 0 aliphatic rings. The summed E-state index contributed by atoms with van der Waals surface area (Å²) in [6.45, 7) is 0. The number of alkyl halides is 3. The van der Waals surface area contributed by atoms with E-state index >= 15 is 0 Å². The minimum Gasteiger partial charge on any atom is -0.453 e. The Morgan fingerprint density at radius 2 is 1.93 bits per heavy atom. The lowest BCUT2D eigenvalue weighted by Gasteiger charge is -2.13. The molecule has 2 N–H and O–H groups in total. The maximum Gasteiger partial charge on any atom is 0.416 e. The highest BCUT2D eigenvalue weighted by atomic mass is 19.4. The molecule has 1 heterocycles. The summed E-state index contributed by atoms with van der Waals surface area (Å²) >= 11 is 0. The summed E-state index contributed by atoms with van der Waals surface area (Å²) in [7, 11) is 1.16. The van der Waals surface area contributed by atoms with Gasteiger partial charge >= 0.3 is 18.3 Å². The molecular formula is C17H13F3N4O3. The van der Waals surface area contributed by atoms with Gasteiger partial charge < -0.3 is 9.47 Å². The van der Waals surface area contributed by atoms with Crippen LogP contribution in [0.25, 0.3) is 11.0 Å². The van der Waals surface area contributed by atoms with Gasteiger partial charge in [-0.15, -0.1) is 0 Å². The van der Waals surface area contributed by atoms with Crippen molar-refractivity contribution in [3.8, 4) is 5.75 Å². The molecule has 0 unspecified atom stereocenters. The summed E-state index contributed by atoms with van der Waals surface area (Å²) in [6.07, 6.45) is -5.36. The Balaban J connectivity index is 1.98. The number of amides is 1. The van der Waals surface area contributed by atoms with Crippen LogP contribution >= 0.6 is 0 Å². The van der Waals surface area contributed by atoms with Crippen LogP contribution in [0, 0.1) is 5.41 Å². The Bertz CT molecular complexity index is 1010. The van der Waals surface area contributed by atoms with Crippen LogP contribution in [-0.2, 0) is 10.9 Å². The Labute approximate surface area is 150 Å². The fraction of sp³-hybridized carbons (Fsp3) is 0.118. The third kappa shape index (κ3) is 3.84. The largest absolute Gasteiger partial charge is 0.453 e. The zero-order chi connectivity index (χ0) is 19.6. The van der Waals surface area contributed by atoms with Crippen molar-refractivity contribution in [1.29, 1.82) is 5.41 Å². The zero-order valence-electron chi connectivity index (χ0n) is 13.9. The second-order valence-electron chi connectivity index (χ2n) is 5.31. The van der Waals surface area contributed by atoms with Crippen LogP contribution in [0.3, 0.4) is 0 Å². The number of imidazole rings is 1. The number of aromatic nitrogens is 2. The Morgan fingerprint density at radius 3 is 2.63 bits per heavy atom. The second kappa shape index (κ2) is 6.98. The van der Waals surface area contributed by atoms with Crippen LogP contribution in [0.1, 0.15) is 5.56 Å². The molecule has 0 fully saturated rings. The van der Waals surface area contributed by atoms with Crippen molar-refractivity contribution in [1.82, 2.24) is 9.55 Å². The first-order valence-corrected chi connectivity index (χ1v) is 7.56. The Hall–Kier alpha value is -3.56. The number of fused-ring (bicyclic) bond motifs is 1. The van der Waals surface area contributed by atoms with Gasteiger partial charge in [-0.05, 0) is 30.3 Å². The van der Waals surface area contributed by atoms with Crippen LogP contribution < -0.4 is 10.1 Å². The number of carbonyl (C=O) groups is 1. The van der Waals surface area contributed by atoms with E-state index in [0.29, 0.717) is 11.0 Å². The first-order chi connectivity index (χ1) is 12.8. The lowest BCUT2D eigenvalue weighted by molar-refractivity contribution is -0.137. The lowest BCUT2D eigenvalue weighted by Crippen LogP contribution is -2.23. The summed E-state index contributed by atoms with van der Waals surface area (Å²) in [4.78, 5) is 15.7. The van der Waals surface area contributed by atoms with Gasteiger partial charge in [0.1, 0.15) is 5.75 Å². The van der Waals surface area contributed by atoms with Gasteiger partial charge in [0, 0.05) is 0 Å². The molecule has 0 aliphatic carbocycles. The van der Waals surface area contributed by atoms with E-state index in [9.17, 15) is 18.0 Å². The fourth-order valence-electron chi connectivity index (χ4n) is 2.35. The van der Waals surface area contributed by atoms with Gasteiger partial charge in [0.2, 0.25) is 5.95 Å². The highest BCUT2D eigenvalue weighted by Crippen LogP contribution is 2.31. The number of ether oxygens (including phenoxy) is 2. The minimum absolute atomic E-state index is 0.0694. The number of nitrogens with one attached hydrogen (secondary N) is 2. The molecule has 1 amide bonds. The normalized spacial score (nSPS) is 11.3. The van der Waals surface area contributed by atoms with Crippen LogP contribution in [0.2, 0.25) is 0 Å². The number of anilines is 1. The molecule has 27 heavy (non-hydrogen) atoms. The van der Waals surface area contributed by atoms with Crippen molar-refractivity contribution in [3.63, 3.8) is 0 Å². The van der Waals surface area contributed by atoms with Gasteiger partial charge in [-0.3, -0.25) is 10.7 Å². The van der Waals surface area contributed by atoms with Gasteiger partial charge in [0.15, 0.2) is 0 Å². The monoisotopic (exact) mass is 378 g/mol. The van der Waals surface area contributed by atoms with Crippen molar-refractivity contribution >= 4 is 29.1 Å². The van der Waals surface area contributed by atoms with E-state index in [0.717, 1.165) is 23.8 Å². The predicted molar refractivity (Wildman–Crippen MR) is 91.0 cm³/mol. The van der Waals surface area contributed by atoms with E-state index < -0.39 is 23.9 Å². The lowest BCUT2D eigenvalue weighted by atomic mass is 10.2. The molecule has 0 saturated carbocycles. The molecular weight excluding hydrogens is 365 g/mol. The van der Waals surface area contributed by atoms with Crippen molar-refractivity contribution in [2.45, 2.75) is 6.18 Å². The summed E-state index contributed by atoms with van der Waals surface area (Å²) in [5.41, 5.74) is -0.0432. The smallest absolute Gasteiger partial charge is 0.416 e. The van der Waals surface area contributed by atoms with Crippen LogP contribution in [0.15, 0.2) is 48.5 Å².